The van der Waals surface area contributed by atoms with Crippen LogP contribution >= 0.6 is 11.3 Å². The van der Waals surface area contributed by atoms with Crippen molar-refractivity contribution in [3.8, 4) is 11.3 Å². The molecule has 1 unspecified atom stereocenters. The van der Waals surface area contributed by atoms with Gasteiger partial charge in [-0.15, -0.1) is 11.3 Å². The van der Waals surface area contributed by atoms with E-state index in [1.165, 1.54) is 28.7 Å². The molecule has 1 aromatic carbocycles. The predicted octanol–water partition coefficient (Wildman–Crippen LogP) is 6.59. The van der Waals surface area contributed by atoms with E-state index in [4.69, 9.17) is 9.72 Å². The zero-order chi connectivity index (χ0) is 23.4. The van der Waals surface area contributed by atoms with E-state index in [1.54, 1.807) is 11.3 Å². The summed E-state index contributed by atoms with van der Waals surface area (Å²) in [7, 11) is 1.52. The molecule has 174 valence electrons. The number of nitrogens with one attached hydrogen (secondary N) is 2. The molecular formula is C27H33N3O2S. The van der Waals surface area contributed by atoms with Gasteiger partial charge in [-0.1, -0.05) is 39.3 Å². The van der Waals surface area contributed by atoms with Crippen LogP contribution in [0.15, 0.2) is 36.5 Å². The van der Waals surface area contributed by atoms with Crippen molar-refractivity contribution in [3.63, 3.8) is 0 Å². The number of H-pyrrole nitrogens is 1. The summed E-state index contributed by atoms with van der Waals surface area (Å²) in [6.45, 7) is 9.60. The standard InChI is InChI=1S/C27H33N3O2S/c1-16(2)17-9-10-20-19(14-17)21-22(33-25(30-21)29-15-18-8-6-13-28-18)23-26(20,3)11-7-12-27(23,4)24(31)32-5/h6,8-10,13-14,16,23,28H,7,11-12,15H2,1-5H3,(H,29,30)/t23?,26-,27-/m1/s1. The summed E-state index contributed by atoms with van der Waals surface area (Å²) in [6.07, 6.45) is 4.83. The van der Waals surface area contributed by atoms with Gasteiger partial charge in [-0.25, -0.2) is 4.98 Å². The third kappa shape index (κ3) is 3.41. The van der Waals surface area contributed by atoms with Crippen LogP contribution in [0.3, 0.4) is 0 Å². The predicted molar refractivity (Wildman–Crippen MR) is 134 cm³/mol. The van der Waals surface area contributed by atoms with E-state index in [0.29, 0.717) is 12.5 Å². The number of benzene rings is 1. The summed E-state index contributed by atoms with van der Waals surface area (Å²) >= 11 is 1.71. The Morgan fingerprint density at radius 2 is 2.12 bits per heavy atom. The topological polar surface area (TPSA) is 67.0 Å². The molecule has 5 rings (SSSR count). The first kappa shape index (κ1) is 22.2. The molecule has 5 nitrogen and oxygen atoms in total. The Morgan fingerprint density at radius 3 is 2.82 bits per heavy atom. The van der Waals surface area contributed by atoms with Crippen molar-refractivity contribution in [2.45, 2.75) is 70.8 Å². The monoisotopic (exact) mass is 463 g/mol. The fourth-order valence-electron chi connectivity index (χ4n) is 6.20. The second-order valence-corrected chi connectivity index (χ2v) is 11.4. The summed E-state index contributed by atoms with van der Waals surface area (Å²) in [5, 5.41) is 4.41. The summed E-state index contributed by atoms with van der Waals surface area (Å²) in [5.41, 5.74) is 5.31. The van der Waals surface area contributed by atoms with Crippen LogP contribution in [0.5, 0.6) is 0 Å². The van der Waals surface area contributed by atoms with Crippen molar-refractivity contribution >= 4 is 22.4 Å². The largest absolute Gasteiger partial charge is 0.469 e. The molecule has 33 heavy (non-hydrogen) atoms. The Morgan fingerprint density at radius 1 is 1.30 bits per heavy atom. The number of hydrogen-bond donors (Lipinski definition) is 2. The van der Waals surface area contributed by atoms with Gasteiger partial charge >= 0.3 is 5.97 Å². The minimum Gasteiger partial charge on any atom is -0.469 e. The Labute approximate surface area is 200 Å². The Kier molecular flexibility index (Phi) is 5.39. The number of rotatable bonds is 5. The van der Waals surface area contributed by atoms with Gasteiger partial charge in [0.2, 0.25) is 0 Å². The molecule has 0 aliphatic heterocycles. The number of carbonyl (C=O) groups excluding carboxylic acids is 1. The van der Waals surface area contributed by atoms with E-state index < -0.39 is 5.41 Å². The van der Waals surface area contributed by atoms with Crippen LogP contribution < -0.4 is 5.32 Å². The lowest BCUT2D eigenvalue weighted by molar-refractivity contribution is -0.157. The maximum absolute atomic E-state index is 13.2. The smallest absolute Gasteiger partial charge is 0.312 e. The van der Waals surface area contributed by atoms with Crippen molar-refractivity contribution in [1.82, 2.24) is 9.97 Å². The van der Waals surface area contributed by atoms with Crippen LogP contribution in [0.1, 0.15) is 80.5 Å². The zero-order valence-electron chi connectivity index (χ0n) is 20.1. The number of methoxy groups -OCH3 is 1. The molecule has 3 aromatic rings. The molecule has 2 aliphatic rings. The molecule has 2 N–H and O–H groups in total. The van der Waals surface area contributed by atoms with E-state index in [9.17, 15) is 4.79 Å². The highest BCUT2D eigenvalue weighted by molar-refractivity contribution is 7.16. The number of aromatic amines is 1. The SMILES string of the molecule is COC(=O)[C@]1(C)CCC[C@]2(C)c3ccc(C(C)C)cc3-c3nc(NCc4ccc[nH]4)sc3C12. The van der Waals surface area contributed by atoms with Gasteiger partial charge in [0.05, 0.1) is 24.8 Å². The summed E-state index contributed by atoms with van der Waals surface area (Å²) < 4.78 is 5.37. The quantitative estimate of drug-likeness (QED) is 0.419. The number of carbonyl (C=O) groups is 1. The van der Waals surface area contributed by atoms with Gasteiger partial charge in [-0.3, -0.25) is 4.79 Å². The van der Waals surface area contributed by atoms with Crippen LogP contribution in [0, 0.1) is 5.41 Å². The van der Waals surface area contributed by atoms with E-state index in [-0.39, 0.29) is 17.3 Å². The molecule has 0 radical (unpaired) electrons. The lowest BCUT2D eigenvalue weighted by Gasteiger charge is -2.53. The molecule has 1 saturated carbocycles. The fraction of sp³-hybridized carbons (Fsp3) is 0.481. The highest BCUT2D eigenvalue weighted by Crippen LogP contribution is 2.64. The number of esters is 1. The average Bonchev–Trinajstić information content (AvgIpc) is 3.46. The summed E-state index contributed by atoms with van der Waals surface area (Å²) in [4.78, 5) is 22.7. The Bertz CT molecular complexity index is 1180. The minimum atomic E-state index is -0.575. The number of ether oxygens (including phenoxy) is 1. The van der Waals surface area contributed by atoms with Crippen LogP contribution in [0.2, 0.25) is 0 Å². The highest BCUT2D eigenvalue weighted by Gasteiger charge is 2.58. The number of hydrogen-bond acceptors (Lipinski definition) is 5. The number of nitrogens with zero attached hydrogens (tertiary/aromatic N) is 1. The second-order valence-electron chi connectivity index (χ2n) is 10.4. The average molecular weight is 464 g/mol. The number of fused-ring (bicyclic) bond motifs is 6. The third-order valence-electron chi connectivity index (χ3n) is 7.91. The number of anilines is 1. The fourth-order valence-corrected chi connectivity index (χ4v) is 7.58. The van der Waals surface area contributed by atoms with Crippen molar-refractivity contribution < 1.29 is 9.53 Å². The van der Waals surface area contributed by atoms with Gasteiger partial charge in [0, 0.05) is 33.7 Å². The van der Waals surface area contributed by atoms with Crippen LogP contribution in [-0.2, 0) is 21.5 Å². The molecule has 0 spiro atoms. The van der Waals surface area contributed by atoms with Crippen molar-refractivity contribution in [3.05, 3.63) is 58.2 Å². The van der Waals surface area contributed by atoms with E-state index in [1.807, 2.05) is 12.3 Å². The first-order valence-electron chi connectivity index (χ1n) is 11.9. The maximum atomic E-state index is 13.2. The minimum absolute atomic E-state index is 0.0390. The van der Waals surface area contributed by atoms with Crippen LogP contribution in [0.25, 0.3) is 11.3 Å². The molecule has 2 heterocycles. The highest BCUT2D eigenvalue weighted by atomic mass is 32.1. The molecule has 3 atom stereocenters. The van der Waals surface area contributed by atoms with Crippen LogP contribution in [0.4, 0.5) is 5.13 Å². The molecule has 0 saturated heterocycles. The Hall–Kier alpha value is -2.60. The van der Waals surface area contributed by atoms with Crippen LogP contribution in [-0.4, -0.2) is 23.0 Å². The molecular weight excluding hydrogens is 430 g/mol. The zero-order valence-corrected chi connectivity index (χ0v) is 20.9. The summed E-state index contributed by atoms with van der Waals surface area (Å²) in [5.74, 6) is 0.373. The van der Waals surface area contributed by atoms with Gasteiger partial charge < -0.3 is 15.0 Å². The molecule has 0 amide bonds. The third-order valence-corrected chi connectivity index (χ3v) is 8.98. The Balaban J connectivity index is 1.68. The van der Waals surface area contributed by atoms with Crippen molar-refractivity contribution in [2.24, 2.45) is 5.41 Å². The van der Waals surface area contributed by atoms with Gasteiger partial charge in [0.25, 0.3) is 0 Å². The molecule has 6 heteroatoms. The normalized spacial score (nSPS) is 25.8. The number of thiazole rings is 1. The van der Waals surface area contributed by atoms with Gasteiger partial charge in [0.1, 0.15) is 0 Å². The second kappa shape index (κ2) is 8.01. The number of aromatic nitrogens is 2. The lowest BCUT2D eigenvalue weighted by Crippen LogP contribution is -2.50. The lowest BCUT2D eigenvalue weighted by atomic mass is 9.50. The van der Waals surface area contributed by atoms with E-state index in [0.717, 1.165) is 35.8 Å². The molecule has 2 aromatic heterocycles. The molecule has 0 bridgehead atoms. The van der Waals surface area contributed by atoms with E-state index >= 15 is 0 Å². The summed E-state index contributed by atoms with van der Waals surface area (Å²) in [6, 6.07) is 11.0. The first-order valence-corrected chi connectivity index (χ1v) is 12.7. The van der Waals surface area contributed by atoms with Crippen molar-refractivity contribution in [1.29, 1.82) is 0 Å². The molecule has 1 fully saturated rings. The maximum Gasteiger partial charge on any atom is 0.312 e. The molecule has 2 aliphatic carbocycles. The van der Waals surface area contributed by atoms with Crippen molar-refractivity contribution in [2.75, 3.05) is 12.4 Å². The first-order chi connectivity index (χ1) is 15.8. The van der Waals surface area contributed by atoms with Gasteiger partial charge in [-0.05, 0) is 55.0 Å². The van der Waals surface area contributed by atoms with Gasteiger partial charge in [-0.2, -0.15) is 0 Å². The van der Waals surface area contributed by atoms with Gasteiger partial charge in [0.15, 0.2) is 5.13 Å². The van der Waals surface area contributed by atoms with E-state index in [2.05, 4.69) is 62.3 Å².